The molecule has 20 heteroatoms. The number of hydrogen-bond acceptors (Lipinski definition) is 13. The number of fused-ring (bicyclic) bond motifs is 2. The summed E-state index contributed by atoms with van der Waals surface area (Å²) in [6.45, 7) is 17.6. The van der Waals surface area contributed by atoms with E-state index in [9.17, 15) is 30.8 Å². The van der Waals surface area contributed by atoms with Gasteiger partial charge in [0.25, 0.3) is 20.0 Å². The number of benzene rings is 6. The molecule has 0 saturated heterocycles. The van der Waals surface area contributed by atoms with Crippen LogP contribution in [-0.2, 0) is 82.7 Å². The van der Waals surface area contributed by atoms with Crippen LogP contribution in [-0.4, -0.2) is 66.3 Å². The number of sulfonamides is 2. The molecular weight excluding hydrogens is 1110 g/mol. The standard InChI is InChI=1S/C64H68FN7O10S2/c1-12-79-36-44-28-42(34-71-55-32-46(65)21-26-53(55)63(6,7)61(71)73)19-23-48(44)50-16-14-15-17-57(50)83(75,76)69-60-52(40(5)82-67-60)30-41-18-25-51(58(31-41)84(77,78)68-59-38(3)39(4)81-66-59)49-24-20-43(29-45(49)37-80-13-2)35-72-56-33-47(70(10)11)22-27-54(56)64(8,9)62(72)74/h14-29,31-33H,12-13,30,34-37H2,1-11H3,(H,66,68)(H,67,69). The second kappa shape index (κ2) is 22.8. The topological polar surface area (TPSA) is 207 Å². The van der Waals surface area contributed by atoms with Crippen LogP contribution in [0.4, 0.5) is 33.1 Å². The number of rotatable bonds is 21. The highest BCUT2D eigenvalue weighted by Crippen LogP contribution is 2.46. The van der Waals surface area contributed by atoms with Crippen LogP contribution < -0.4 is 24.1 Å². The molecule has 6 aromatic carbocycles. The minimum absolute atomic E-state index is 0.0177. The lowest BCUT2D eigenvalue weighted by atomic mass is 9.86. The molecule has 0 radical (unpaired) electrons. The third-order valence-corrected chi connectivity index (χ3v) is 18.7. The molecule has 17 nitrogen and oxygen atoms in total. The molecule has 0 saturated carbocycles. The third-order valence-electron chi connectivity index (χ3n) is 16.0. The summed E-state index contributed by atoms with van der Waals surface area (Å²) in [7, 11) is -4.98. The second-order valence-electron chi connectivity index (χ2n) is 22.5. The van der Waals surface area contributed by atoms with Crippen LogP contribution in [0.25, 0.3) is 22.3 Å². The van der Waals surface area contributed by atoms with E-state index in [4.69, 9.17) is 18.5 Å². The van der Waals surface area contributed by atoms with Crippen molar-refractivity contribution in [1.29, 1.82) is 0 Å². The summed E-state index contributed by atoms with van der Waals surface area (Å²) in [5, 5.41) is 8.18. The van der Waals surface area contributed by atoms with Gasteiger partial charge in [-0.15, -0.1) is 0 Å². The summed E-state index contributed by atoms with van der Waals surface area (Å²) >= 11 is 0. The molecule has 2 aliphatic heterocycles. The van der Waals surface area contributed by atoms with E-state index in [2.05, 4.69) is 19.8 Å². The lowest BCUT2D eigenvalue weighted by Gasteiger charge is -2.22. The van der Waals surface area contributed by atoms with E-state index in [1.165, 1.54) is 24.3 Å². The zero-order valence-electron chi connectivity index (χ0n) is 48.9. The van der Waals surface area contributed by atoms with E-state index in [0.717, 1.165) is 33.6 Å². The zero-order valence-corrected chi connectivity index (χ0v) is 50.6. The van der Waals surface area contributed by atoms with Crippen molar-refractivity contribution in [3.8, 4) is 22.3 Å². The quantitative estimate of drug-likeness (QED) is 0.0687. The highest BCUT2D eigenvalue weighted by atomic mass is 32.2. The Morgan fingerprint density at radius 1 is 0.583 bits per heavy atom. The number of amides is 2. The number of halogens is 1. The Bertz CT molecular complexity index is 4130. The van der Waals surface area contributed by atoms with Gasteiger partial charge in [0.2, 0.25) is 11.8 Å². The molecular formula is C64H68FN7O10S2. The van der Waals surface area contributed by atoms with Crippen LogP contribution in [0.15, 0.2) is 134 Å². The molecule has 8 aromatic rings. The number of hydrogen-bond donors (Lipinski definition) is 2. The van der Waals surface area contributed by atoms with Gasteiger partial charge in [-0.05, 0) is 149 Å². The highest BCUT2D eigenvalue weighted by molar-refractivity contribution is 7.93. The molecule has 0 unspecified atom stereocenters. The fourth-order valence-electron chi connectivity index (χ4n) is 11.1. The molecule has 0 atom stereocenters. The largest absolute Gasteiger partial charge is 0.378 e. The first kappa shape index (κ1) is 59.0. The summed E-state index contributed by atoms with van der Waals surface area (Å²) in [5.41, 5.74) is 8.35. The number of aryl methyl sites for hydroxylation is 2. The zero-order chi connectivity index (χ0) is 60.2. The highest BCUT2D eigenvalue weighted by Gasteiger charge is 2.45. The number of carbonyl (C=O) groups excluding carboxylic acids is 2. The van der Waals surface area contributed by atoms with Crippen LogP contribution in [0.5, 0.6) is 0 Å². The number of aromatic nitrogens is 2. The van der Waals surface area contributed by atoms with Crippen molar-refractivity contribution >= 4 is 60.6 Å². The first-order valence-corrected chi connectivity index (χ1v) is 30.6. The van der Waals surface area contributed by atoms with Crippen LogP contribution in [0.2, 0.25) is 0 Å². The second-order valence-corrected chi connectivity index (χ2v) is 25.8. The number of carbonyl (C=O) groups is 2. The summed E-state index contributed by atoms with van der Waals surface area (Å²) in [6, 6.07) is 33.1. The molecule has 2 aliphatic rings. The Balaban J connectivity index is 0.979. The van der Waals surface area contributed by atoms with Gasteiger partial charge >= 0.3 is 0 Å². The molecule has 4 heterocycles. The summed E-state index contributed by atoms with van der Waals surface area (Å²) in [5.74, 6) is -0.0273. The van der Waals surface area contributed by atoms with Crippen molar-refractivity contribution in [1.82, 2.24) is 10.3 Å². The van der Waals surface area contributed by atoms with E-state index in [1.807, 2.05) is 109 Å². The molecule has 438 valence electrons. The minimum Gasteiger partial charge on any atom is -0.378 e. The van der Waals surface area contributed by atoms with Crippen molar-refractivity contribution in [2.75, 3.05) is 51.5 Å². The molecule has 0 fully saturated rings. The lowest BCUT2D eigenvalue weighted by Crippen LogP contribution is -2.35. The van der Waals surface area contributed by atoms with Crippen molar-refractivity contribution < 1.29 is 49.3 Å². The van der Waals surface area contributed by atoms with Gasteiger partial charge in [0.05, 0.1) is 58.3 Å². The van der Waals surface area contributed by atoms with Crippen molar-refractivity contribution in [2.45, 2.75) is 116 Å². The summed E-state index contributed by atoms with van der Waals surface area (Å²) in [4.78, 5) is 33.1. The van der Waals surface area contributed by atoms with Gasteiger partial charge in [0.1, 0.15) is 17.3 Å². The lowest BCUT2D eigenvalue weighted by molar-refractivity contribution is -0.122. The number of ether oxygens (including phenoxy) is 2. The smallest absolute Gasteiger partial charge is 0.263 e. The van der Waals surface area contributed by atoms with Crippen LogP contribution in [0, 0.1) is 26.6 Å². The Labute approximate surface area is 489 Å². The molecule has 84 heavy (non-hydrogen) atoms. The average Bonchev–Trinajstić information content (AvgIpc) is 1.77. The van der Waals surface area contributed by atoms with Gasteiger partial charge in [-0.3, -0.25) is 19.0 Å². The van der Waals surface area contributed by atoms with Gasteiger partial charge < -0.3 is 33.2 Å². The summed E-state index contributed by atoms with van der Waals surface area (Å²) in [6.07, 6.45) is -0.0184. The van der Waals surface area contributed by atoms with E-state index in [1.54, 1.807) is 73.0 Å². The maximum Gasteiger partial charge on any atom is 0.263 e. The van der Waals surface area contributed by atoms with Gasteiger partial charge in [0.15, 0.2) is 11.6 Å². The Hall–Kier alpha value is -8.17. The first-order chi connectivity index (χ1) is 39.8. The van der Waals surface area contributed by atoms with Gasteiger partial charge in [-0.25, -0.2) is 21.2 Å². The predicted molar refractivity (Wildman–Crippen MR) is 322 cm³/mol. The van der Waals surface area contributed by atoms with E-state index < -0.39 is 36.7 Å². The van der Waals surface area contributed by atoms with Crippen molar-refractivity contribution in [3.05, 3.63) is 183 Å². The fourth-order valence-corrected chi connectivity index (χ4v) is 13.7. The molecule has 10 rings (SSSR count). The molecule has 2 aromatic heterocycles. The Kier molecular flexibility index (Phi) is 16.0. The average molecular weight is 1180 g/mol. The first-order valence-electron chi connectivity index (χ1n) is 27.7. The summed E-state index contributed by atoms with van der Waals surface area (Å²) < 4.78 is 102. The molecule has 0 aliphatic carbocycles. The van der Waals surface area contributed by atoms with Crippen molar-refractivity contribution in [2.24, 2.45) is 0 Å². The number of nitrogens with zero attached hydrogens (tertiary/aromatic N) is 5. The molecule has 2 N–H and O–H groups in total. The maximum absolute atomic E-state index is 14.9. The van der Waals surface area contributed by atoms with Crippen LogP contribution >= 0.6 is 0 Å². The monoisotopic (exact) mass is 1180 g/mol. The number of anilines is 5. The molecule has 0 bridgehead atoms. The predicted octanol–water partition coefficient (Wildman–Crippen LogP) is 12.0. The van der Waals surface area contributed by atoms with Crippen LogP contribution in [0.3, 0.4) is 0 Å². The molecule has 0 spiro atoms. The third kappa shape index (κ3) is 11.1. The number of nitrogens with one attached hydrogen (secondary N) is 2. The van der Waals surface area contributed by atoms with E-state index in [-0.39, 0.29) is 71.7 Å². The molecule has 2 amide bonds. The Morgan fingerprint density at radius 3 is 1.65 bits per heavy atom. The van der Waals surface area contributed by atoms with Gasteiger partial charge in [0, 0.05) is 61.7 Å². The Morgan fingerprint density at radius 2 is 1.08 bits per heavy atom. The van der Waals surface area contributed by atoms with Gasteiger partial charge in [-0.2, -0.15) is 0 Å². The van der Waals surface area contributed by atoms with Crippen LogP contribution in [0.1, 0.15) is 103 Å². The fraction of sp³-hybridized carbons (Fsp3) is 0.312. The normalized spacial score (nSPS) is 14.5. The minimum atomic E-state index is -4.45. The maximum atomic E-state index is 14.9. The SMILES string of the molecule is CCOCc1cc(CN2C(=O)C(C)(C)c3ccc(N(C)C)cc32)ccc1-c1ccc(Cc2c(NS(=O)(=O)c3ccccc3-c3ccc(CN4C(=O)C(C)(C)c5ccc(F)cc54)cc3COCC)noc2C)cc1S(=O)(=O)Nc1noc(C)c1C. The van der Waals surface area contributed by atoms with Crippen molar-refractivity contribution in [3.63, 3.8) is 0 Å². The van der Waals surface area contributed by atoms with E-state index in [0.29, 0.717) is 74.7 Å². The van der Waals surface area contributed by atoms with Gasteiger partial charge in [-0.1, -0.05) is 89.2 Å². The van der Waals surface area contributed by atoms with E-state index >= 15 is 0 Å².